The molecule has 152 valence electrons. The van der Waals surface area contributed by atoms with Crippen LogP contribution in [0.2, 0.25) is 0 Å². The molecule has 0 spiro atoms. The van der Waals surface area contributed by atoms with E-state index in [0.717, 1.165) is 11.8 Å². The van der Waals surface area contributed by atoms with E-state index in [0.29, 0.717) is 17.9 Å². The standard InChI is InChI=1S/C19H19N3O6S/c1-26-14-5-7-15(8-6-14)27-12-17(23)20-19-22-21-18(28-19)11-13-3-9-16(10-4-13)29(2,24)25/h3-10H,11-12H2,1-2H3,(H,20,22,23). The molecule has 10 heteroatoms. The van der Waals surface area contributed by atoms with Gasteiger partial charge in [0, 0.05) is 6.26 Å². The van der Waals surface area contributed by atoms with Crippen LogP contribution >= 0.6 is 0 Å². The van der Waals surface area contributed by atoms with Crippen molar-refractivity contribution in [2.75, 3.05) is 25.3 Å². The van der Waals surface area contributed by atoms with Gasteiger partial charge in [0.05, 0.1) is 18.4 Å². The van der Waals surface area contributed by atoms with Crippen molar-refractivity contribution >= 4 is 21.8 Å². The first kappa shape index (κ1) is 20.3. The highest BCUT2D eigenvalue weighted by Crippen LogP contribution is 2.17. The Balaban J connectivity index is 1.52. The van der Waals surface area contributed by atoms with E-state index in [2.05, 4.69) is 15.5 Å². The van der Waals surface area contributed by atoms with Crippen molar-refractivity contribution in [1.82, 2.24) is 10.2 Å². The predicted molar refractivity (Wildman–Crippen MR) is 104 cm³/mol. The Morgan fingerprint density at radius 2 is 1.69 bits per heavy atom. The van der Waals surface area contributed by atoms with Gasteiger partial charge in [0.2, 0.25) is 5.89 Å². The van der Waals surface area contributed by atoms with E-state index >= 15 is 0 Å². The Morgan fingerprint density at radius 1 is 1.03 bits per heavy atom. The van der Waals surface area contributed by atoms with Gasteiger partial charge in [-0.25, -0.2) is 8.42 Å². The zero-order valence-electron chi connectivity index (χ0n) is 15.8. The zero-order chi connectivity index (χ0) is 20.9. The number of nitrogens with zero attached hydrogens (tertiary/aromatic N) is 2. The lowest BCUT2D eigenvalue weighted by molar-refractivity contribution is -0.118. The van der Waals surface area contributed by atoms with Crippen LogP contribution in [-0.2, 0) is 21.1 Å². The van der Waals surface area contributed by atoms with E-state index in [9.17, 15) is 13.2 Å². The zero-order valence-corrected chi connectivity index (χ0v) is 16.6. The van der Waals surface area contributed by atoms with Crippen molar-refractivity contribution < 1.29 is 27.1 Å². The van der Waals surface area contributed by atoms with E-state index < -0.39 is 15.7 Å². The number of hydrogen-bond donors (Lipinski definition) is 1. The van der Waals surface area contributed by atoms with Crippen LogP contribution < -0.4 is 14.8 Å². The maximum Gasteiger partial charge on any atom is 0.322 e. The molecule has 1 N–H and O–H groups in total. The number of rotatable bonds is 8. The van der Waals surface area contributed by atoms with Crippen LogP contribution in [0.3, 0.4) is 0 Å². The highest BCUT2D eigenvalue weighted by molar-refractivity contribution is 7.90. The molecular weight excluding hydrogens is 398 g/mol. The summed E-state index contributed by atoms with van der Waals surface area (Å²) >= 11 is 0. The molecule has 29 heavy (non-hydrogen) atoms. The summed E-state index contributed by atoms with van der Waals surface area (Å²) in [5.41, 5.74) is 0.793. The quantitative estimate of drug-likeness (QED) is 0.591. The van der Waals surface area contributed by atoms with E-state index in [1.54, 1.807) is 43.5 Å². The second-order valence-electron chi connectivity index (χ2n) is 6.11. The number of amides is 1. The number of sulfone groups is 1. The molecule has 0 saturated carbocycles. The highest BCUT2D eigenvalue weighted by Gasteiger charge is 2.12. The smallest absolute Gasteiger partial charge is 0.322 e. The first-order chi connectivity index (χ1) is 13.8. The number of carbonyl (C=O) groups excluding carboxylic acids is 1. The molecule has 0 atom stereocenters. The number of hydrogen-bond acceptors (Lipinski definition) is 8. The van der Waals surface area contributed by atoms with E-state index in [4.69, 9.17) is 13.9 Å². The predicted octanol–water partition coefficient (Wildman–Crippen LogP) is 2.09. The van der Waals surface area contributed by atoms with Crippen LogP contribution in [0.15, 0.2) is 57.8 Å². The number of methoxy groups -OCH3 is 1. The number of benzene rings is 2. The molecule has 0 aliphatic heterocycles. The van der Waals surface area contributed by atoms with E-state index in [1.165, 1.54) is 12.1 Å². The third kappa shape index (κ3) is 5.79. The van der Waals surface area contributed by atoms with Crippen molar-refractivity contribution in [3.05, 3.63) is 60.0 Å². The van der Waals surface area contributed by atoms with Crippen molar-refractivity contribution in [2.45, 2.75) is 11.3 Å². The molecule has 0 aliphatic rings. The molecule has 0 radical (unpaired) electrons. The molecule has 1 heterocycles. The van der Waals surface area contributed by atoms with Crippen molar-refractivity contribution in [3.63, 3.8) is 0 Å². The Kier molecular flexibility index (Phi) is 6.13. The van der Waals surface area contributed by atoms with Gasteiger partial charge in [-0.2, -0.15) is 0 Å². The molecule has 0 bridgehead atoms. The Hall–Kier alpha value is -3.40. The van der Waals surface area contributed by atoms with Crippen LogP contribution in [0.1, 0.15) is 11.5 Å². The lowest BCUT2D eigenvalue weighted by Gasteiger charge is -2.06. The fourth-order valence-corrected chi connectivity index (χ4v) is 3.01. The lowest BCUT2D eigenvalue weighted by atomic mass is 10.1. The van der Waals surface area contributed by atoms with Crippen molar-refractivity contribution in [1.29, 1.82) is 0 Å². The minimum Gasteiger partial charge on any atom is -0.497 e. The number of ether oxygens (including phenoxy) is 2. The van der Waals surface area contributed by atoms with Crippen LogP contribution in [0.25, 0.3) is 0 Å². The van der Waals surface area contributed by atoms with E-state index in [1.807, 2.05) is 0 Å². The molecule has 0 aliphatic carbocycles. The maximum absolute atomic E-state index is 12.0. The fourth-order valence-electron chi connectivity index (χ4n) is 2.38. The third-order valence-corrected chi connectivity index (χ3v) is 4.98. The summed E-state index contributed by atoms with van der Waals surface area (Å²) in [6.07, 6.45) is 1.45. The molecule has 3 aromatic rings. The van der Waals surface area contributed by atoms with Gasteiger partial charge in [0.1, 0.15) is 11.5 Å². The molecule has 2 aromatic carbocycles. The number of aromatic nitrogens is 2. The van der Waals surface area contributed by atoms with Crippen molar-refractivity contribution in [2.24, 2.45) is 0 Å². The second kappa shape index (κ2) is 8.74. The summed E-state index contributed by atoms with van der Waals surface area (Å²) in [5.74, 6) is 1.04. The normalized spacial score (nSPS) is 11.1. The minimum atomic E-state index is -3.25. The number of anilines is 1. The monoisotopic (exact) mass is 417 g/mol. The van der Waals surface area contributed by atoms with Gasteiger partial charge >= 0.3 is 6.01 Å². The summed E-state index contributed by atoms with van der Waals surface area (Å²) < 4.78 is 38.8. The molecule has 0 unspecified atom stereocenters. The van der Waals surface area contributed by atoms with Crippen molar-refractivity contribution in [3.8, 4) is 11.5 Å². The van der Waals surface area contributed by atoms with Crippen LogP contribution in [0.5, 0.6) is 11.5 Å². The Bertz CT molecular complexity index is 1080. The van der Waals surface area contributed by atoms with Crippen LogP contribution in [0, 0.1) is 0 Å². The van der Waals surface area contributed by atoms with Gasteiger partial charge < -0.3 is 13.9 Å². The second-order valence-corrected chi connectivity index (χ2v) is 8.12. The van der Waals surface area contributed by atoms with Gasteiger partial charge in [-0.3, -0.25) is 10.1 Å². The summed E-state index contributed by atoms with van der Waals surface area (Å²) in [4.78, 5) is 12.2. The average Bonchev–Trinajstić information content (AvgIpc) is 3.13. The topological polar surface area (TPSA) is 121 Å². The molecular formula is C19H19N3O6S. The summed E-state index contributed by atoms with van der Waals surface area (Å²) in [5, 5.41) is 10.1. The van der Waals surface area contributed by atoms with Gasteiger partial charge in [0.25, 0.3) is 5.91 Å². The fraction of sp³-hybridized carbons (Fsp3) is 0.211. The lowest BCUT2D eigenvalue weighted by Crippen LogP contribution is -2.20. The van der Waals surface area contributed by atoms with Gasteiger partial charge in [-0.05, 0) is 42.0 Å². The number of nitrogens with one attached hydrogen (secondary N) is 1. The highest BCUT2D eigenvalue weighted by atomic mass is 32.2. The summed E-state index contributed by atoms with van der Waals surface area (Å²) in [7, 11) is -1.69. The first-order valence-electron chi connectivity index (χ1n) is 8.51. The third-order valence-electron chi connectivity index (χ3n) is 3.85. The first-order valence-corrected chi connectivity index (χ1v) is 10.4. The SMILES string of the molecule is COc1ccc(OCC(=O)Nc2nnc(Cc3ccc(S(C)(=O)=O)cc3)o2)cc1. The molecule has 1 amide bonds. The van der Waals surface area contributed by atoms with Gasteiger partial charge in [0.15, 0.2) is 16.4 Å². The largest absolute Gasteiger partial charge is 0.497 e. The molecule has 3 rings (SSSR count). The maximum atomic E-state index is 12.0. The molecule has 0 saturated heterocycles. The minimum absolute atomic E-state index is 0.0453. The summed E-state index contributed by atoms with van der Waals surface area (Å²) in [6, 6.07) is 13.1. The summed E-state index contributed by atoms with van der Waals surface area (Å²) in [6.45, 7) is -0.225. The van der Waals surface area contributed by atoms with E-state index in [-0.39, 0.29) is 23.4 Å². The van der Waals surface area contributed by atoms with Crippen LogP contribution in [-0.4, -0.2) is 44.5 Å². The Morgan fingerprint density at radius 3 is 2.31 bits per heavy atom. The average molecular weight is 417 g/mol. The van der Waals surface area contributed by atoms with Crippen LogP contribution in [0.4, 0.5) is 6.01 Å². The Labute approximate surface area is 167 Å². The van der Waals surface area contributed by atoms with Gasteiger partial charge in [-0.1, -0.05) is 17.2 Å². The van der Waals surface area contributed by atoms with Gasteiger partial charge in [-0.15, -0.1) is 5.10 Å². The molecule has 1 aromatic heterocycles. The molecule has 9 nitrogen and oxygen atoms in total. The molecule has 0 fully saturated rings. The number of carbonyl (C=O) groups is 1.